The van der Waals surface area contributed by atoms with Gasteiger partial charge in [0.15, 0.2) is 0 Å². The average Bonchev–Trinajstić information content (AvgIpc) is 3.50. The molecule has 0 saturated carbocycles. The van der Waals surface area contributed by atoms with Gasteiger partial charge in [-0.3, -0.25) is 10.1 Å². The molecule has 2 aromatic carbocycles. The molecule has 0 spiro atoms. The van der Waals surface area contributed by atoms with Crippen molar-refractivity contribution in [3.05, 3.63) is 82.0 Å². The standard InChI is InChI=1S/C24H27N3O3S2/c1-18-6-8-19(9-7-18)24(22-5-4-16-31-22)25-17-23(28)26-20-10-12-21(13-11-20)32(29,30)27-14-2-3-15-27/h4-13,16,24-25H,2-3,14-15,17H2,1H3,(H,26,28)/t24-/m0/s1. The van der Waals surface area contributed by atoms with Crippen LogP contribution < -0.4 is 10.6 Å². The van der Waals surface area contributed by atoms with Crippen molar-refractivity contribution in [2.75, 3.05) is 25.0 Å². The van der Waals surface area contributed by atoms with E-state index in [1.54, 1.807) is 35.6 Å². The molecule has 168 valence electrons. The number of hydrogen-bond acceptors (Lipinski definition) is 5. The van der Waals surface area contributed by atoms with Gasteiger partial charge in [0.05, 0.1) is 17.5 Å². The van der Waals surface area contributed by atoms with Crippen LogP contribution in [0.15, 0.2) is 70.9 Å². The molecular weight excluding hydrogens is 442 g/mol. The maximum Gasteiger partial charge on any atom is 0.243 e. The number of nitrogens with zero attached hydrogens (tertiary/aromatic N) is 1. The van der Waals surface area contributed by atoms with Crippen molar-refractivity contribution >= 4 is 33.0 Å². The summed E-state index contributed by atoms with van der Waals surface area (Å²) in [6.45, 7) is 3.31. The van der Waals surface area contributed by atoms with Crippen LogP contribution in [0.4, 0.5) is 5.69 Å². The molecule has 0 radical (unpaired) electrons. The Morgan fingerprint density at radius 1 is 1.03 bits per heavy atom. The minimum Gasteiger partial charge on any atom is -0.325 e. The molecule has 1 aliphatic rings. The van der Waals surface area contributed by atoms with Crippen molar-refractivity contribution in [1.29, 1.82) is 0 Å². The van der Waals surface area contributed by atoms with E-state index in [1.807, 2.05) is 18.4 Å². The van der Waals surface area contributed by atoms with E-state index >= 15 is 0 Å². The first kappa shape index (κ1) is 22.7. The first-order chi connectivity index (χ1) is 15.4. The number of anilines is 1. The van der Waals surface area contributed by atoms with Crippen LogP contribution in [0, 0.1) is 6.92 Å². The highest BCUT2D eigenvalue weighted by Gasteiger charge is 2.27. The van der Waals surface area contributed by atoms with Gasteiger partial charge in [-0.15, -0.1) is 11.3 Å². The van der Waals surface area contributed by atoms with Crippen molar-refractivity contribution < 1.29 is 13.2 Å². The Kier molecular flexibility index (Phi) is 7.05. The van der Waals surface area contributed by atoms with Gasteiger partial charge in [0.1, 0.15) is 0 Å². The summed E-state index contributed by atoms with van der Waals surface area (Å²) in [5.74, 6) is -0.186. The Bertz CT molecular complexity index is 1140. The fourth-order valence-corrected chi connectivity index (χ4v) is 6.13. The van der Waals surface area contributed by atoms with Gasteiger partial charge in [0.2, 0.25) is 15.9 Å². The number of aryl methyl sites for hydroxylation is 1. The molecular formula is C24H27N3O3S2. The molecule has 0 bridgehead atoms. The molecule has 0 unspecified atom stereocenters. The van der Waals surface area contributed by atoms with Crippen LogP contribution >= 0.6 is 11.3 Å². The number of amides is 1. The fraction of sp³-hybridized carbons (Fsp3) is 0.292. The molecule has 1 atom stereocenters. The van der Waals surface area contributed by atoms with Crippen LogP contribution in [-0.4, -0.2) is 38.3 Å². The predicted molar refractivity (Wildman–Crippen MR) is 128 cm³/mol. The van der Waals surface area contributed by atoms with Gasteiger partial charge in [-0.25, -0.2) is 8.42 Å². The monoisotopic (exact) mass is 469 g/mol. The first-order valence-electron chi connectivity index (χ1n) is 10.7. The highest BCUT2D eigenvalue weighted by Crippen LogP contribution is 2.26. The Hall–Kier alpha value is -2.52. The smallest absolute Gasteiger partial charge is 0.243 e. The minimum atomic E-state index is -3.45. The third kappa shape index (κ3) is 5.27. The van der Waals surface area contributed by atoms with Crippen LogP contribution in [0.25, 0.3) is 0 Å². The van der Waals surface area contributed by atoms with Gasteiger partial charge in [-0.1, -0.05) is 35.9 Å². The van der Waals surface area contributed by atoms with E-state index in [2.05, 4.69) is 41.0 Å². The van der Waals surface area contributed by atoms with E-state index in [0.717, 1.165) is 23.3 Å². The second kappa shape index (κ2) is 9.95. The van der Waals surface area contributed by atoms with E-state index in [0.29, 0.717) is 18.8 Å². The second-order valence-corrected chi connectivity index (χ2v) is 10.8. The number of benzene rings is 2. The van der Waals surface area contributed by atoms with Gasteiger partial charge < -0.3 is 5.32 Å². The van der Waals surface area contributed by atoms with Crippen molar-refractivity contribution in [2.45, 2.75) is 30.7 Å². The first-order valence-corrected chi connectivity index (χ1v) is 13.0. The number of hydrogen-bond donors (Lipinski definition) is 2. The largest absolute Gasteiger partial charge is 0.325 e. The molecule has 1 aliphatic heterocycles. The molecule has 1 fully saturated rings. The average molecular weight is 470 g/mol. The second-order valence-electron chi connectivity index (χ2n) is 7.92. The van der Waals surface area contributed by atoms with E-state index in [1.165, 1.54) is 9.87 Å². The molecule has 1 aromatic heterocycles. The molecule has 6 nitrogen and oxygen atoms in total. The molecule has 8 heteroatoms. The van der Waals surface area contributed by atoms with Crippen molar-refractivity contribution in [3.8, 4) is 0 Å². The van der Waals surface area contributed by atoms with Crippen molar-refractivity contribution in [3.63, 3.8) is 0 Å². The summed E-state index contributed by atoms with van der Waals surface area (Å²) in [4.78, 5) is 14.0. The Morgan fingerprint density at radius 2 is 1.72 bits per heavy atom. The Labute approximate surface area is 193 Å². The van der Waals surface area contributed by atoms with Gasteiger partial charge in [0.25, 0.3) is 0 Å². The zero-order valence-corrected chi connectivity index (χ0v) is 19.6. The molecule has 4 rings (SSSR count). The van der Waals surface area contributed by atoms with E-state index in [9.17, 15) is 13.2 Å². The van der Waals surface area contributed by atoms with Gasteiger partial charge >= 0.3 is 0 Å². The zero-order valence-electron chi connectivity index (χ0n) is 18.0. The topological polar surface area (TPSA) is 78.5 Å². The van der Waals surface area contributed by atoms with Crippen molar-refractivity contribution in [1.82, 2.24) is 9.62 Å². The number of rotatable bonds is 8. The molecule has 0 aliphatic carbocycles. The molecule has 1 saturated heterocycles. The lowest BCUT2D eigenvalue weighted by Gasteiger charge is -2.18. The summed E-state index contributed by atoms with van der Waals surface area (Å²) in [5.41, 5.74) is 2.86. The van der Waals surface area contributed by atoms with Gasteiger partial charge in [0, 0.05) is 23.7 Å². The van der Waals surface area contributed by atoms with Crippen LogP contribution in [0.5, 0.6) is 0 Å². The number of sulfonamides is 1. The van der Waals surface area contributed by atoms with Gasteiger partial charge in [-0.2, -0.15) is 4.31 Å². The van der Waals surface area contributed by atoms with E-state index < -0.39 is 10.0 Å². The van der Waals surface area contributed by atoms with E-state index in [4.69, 9.17) is 0 Å². The zero-order chi connectivity index (χ0) is 22.6. The van der Waals surface area contributed by atoms with E-state index in [-0.39, 0.29) is 23.4 Å². The maximum atomic E-state index is 12.6. The lowest BCUT2D eigenvalue weighted by molar-refractivity contribution is -0.115. The SMILES string of the molecule is Cc1ccc([C@H](NCC(=O)Nc2ccc(S(=O)(=O)N3CCCC3)cc2)c2cccs2)cc1. The number of thiophene rings is 1. The van der Waals surface area contributed by atoms with Crippen LogP contribution in [0.1, 0.15) is 34.9 Å². The third-order valence-corrected chi connectivity index (χ3v) is 8.40. The van der Waals surface area contributed by atoms with Crippen LogP contribution in [0.2, 0.25) is 0 Å². The summed E-state index contributed by atoms with van der Waals surface area (Å²) >= 11 is 1.64. The summed E-state index contributed by atoms with van der Waals surface area (Å²) in [6.07, 6.45) is 1.80. The number of nitrogens with one attached hydrogen (secondary N) is 2. The highest BCUT2D eigenvalue weighted by molar-refractivity contribution is 7.89. The molecule has 2 heterocycles. The summed E-state index contributed by atoms with van der Waals surface area (Å²) in [7, 11) is -3.45. The fourth-order valence-electron chi connectivity index (χ4n) is 3.78. The van der Waals surface area contributed by atoms with Crippen LogP contribution in [-0.2, 0) is 14.8 Å². The summed E-state index contributed by atoms with van der Waals surface area (Å²) in [6, 6.07) is 18.6. The minimum absolute atomic E-state index is 0.0747. The maximum absolute atomic E-state index is 12.6. The van der Waals surface area contributed by atoms with Gasteiger partial charge in [-0.05, 0) is 61.0 Å². The molecule has 1 amide bonds. The summed E-state index contributed by atoms with van der Waals surface area (Å²) in [5, 5.41) is 8.22. The lowest BCUT2D eigenvalue weighted by atomic mass is 10.0. The third-order valence-electron chi connectivity index (χ3n) is 5.55. The predicted octanol–water partition coefficient (Wildman–Crippen LogP) is 4.16. The molecule has 3 aromatic rings. The van der Waals surface area contributed by atoms with Crippen LogP contribution in [0.3, 0.4) is 0 Å². The number of carbonyl (C=O) groups excluding carboxylic acids is 1. The normalized spacial score (nSPS) is 15.5. The summed E-state index contributed by atoms with van der Waals surface area (Å²) < 4.78 is 26.8. The molecule has 32 heavy (non-hydrogen) atoms. The highest BCUT2D eigenvalue weighted by atomic mass is 32.2. The Morgan fingerprint density at radius 3 is 2.34 bits per heavy atom. The quantitative estimate of drug-likeness (QED) is 0.519. The lowest BCUT2D eigenvalue weighted by Crippen LogP contribution is -2.31. The molecule has 2 N–H and O–H groups in total. The Balaban J connectivity index is 1.39. The van der Waals surface area contributed by atoms with Crippen molar-refractivity contribution in [2.24, 2.45) is 0 Å². The number of carbonyl (C=O) groups is 1.